The molecule has 0 saturated heterocycles. The van der Waals surface area contributed by atoms with Gasteiger partial charge in [-0.3, -0.25) is 14.9 Å². The molecule has 0 fully saturated rings. The van der Waals surface area contributed by atoms with E-state index in [1.54, 1.807) is 12.1 Å². The van der Waals surface area contributed by atoms with Crippen LogP contribution >= 0.6 is 34.9 Å². The number of non-ortho nitro benzene ring substituents is 1. The Morgan fingerprint density at radius 2 is 1.97 bits per heavy atom. The smallest absolute Gasteiger partial charge is 0.269 e. The van der Waals surface area contributed by atoms with Crippen molar-refractivity contribution in [1.82, 2.24) is 25.7 Å². The SMILES string of the molecule is CCCNC(=O)CSc1nnc(SC(C)c2nnc(-c3ccc([N+](=O)[O-])cc3)o2)s1. The van der Waals surface area contributed by atoms with Gasteiger partial charge in [-0.15, -0.1) is 20.4 Å². The lowest BCUT2D eigenvalue weighted by molar-refractivity contribution is -0.384. The molecule has 0 spiro atoms. The molecule has 10 nitrogen and oxygen atoms in total. The van der Waals surface area contributed by atoms with Crippen LogP contribution in [0.3, 0.4) is 0 Å². The third kappa shape index (κ3) is 6.00. The summed E-state index contributed by atoms with van der Waals surface area (Å²) in [5.74, 6) is 0.983. The van der Waals surface area contributed by atoms with Gasteiger partial charge in [-0.1, -0.05) is 41.8 Å². The van der Waals surface area contributed by atoms with Gasteiger partial charge in [-0.2, -0.15) is 0 Å². The number of nitrogens with one attached hydrogen (secondary N) is 1. The molecule has 30 heavy (non-hydrogen) atoms. The van der Waals surface area contributed by atoms with Crippen LogP contribution in [0.4, 0.5) is 5.69 Å². The summed E-state index contributed by atoms with van der Waals surface area (Å²) in [5, 5.41) is 29.7. The molecule has 13 heteroatoms. The van der Waals surface area contributed by atoms with Gasteiger partial charge < -0.3 is 9.73 Å². The molecule has 1 atom stereocenters. The highest BCUT2D eigenvalue weighted by Crippen LogP contribution is 2.38. The topological polar surface area (TPSA) is 137 Å². The van der Waals surface area contributed by atoms with Crippen LogP contribution in [0.1, 0.15) is 31.4 Å². The molecule has 0 aliphatic heterocycles. The van der Waals surface area contributed by atoms with Crippen LogP contribution in [0, 0.1) is 10.1 Å². The second kappa shape index (κ2) is 10.5. The Morgan fingerprint density at radius 1 is 1.23 bits per heavy atom. The number of nitro benzene ring substituents is 1. The summed E-state index contributed by atoms with van der Waals surface area (Å²) in [6.07, 6.45) is 0.898. The first-order chi connectivity index (χ1) is 14.5. The van der Waals surface area contributed by atoms with E-state index in [0.717, 1.165) is 10.8 Å². The fourth-order valence-electron chi connectivity index (χ4n) is 2.19. The molecule has 3 aromatic rings. The molecule has 3 rings (SSSR count). The maximum Gasteiger partial charge on any atom is 0.269 e. The van der Waals surface area contributed by atoms with Crippen LogP contribution < -0.4 is 5.32 Å². The third-order valence-electron chi connectivity index (χ3n) is 3.68. The average Bonchev–Trinajstić information content (AvgIpc) is 3.40. The number of carbonyl (C=O) groups is 1. The standard InChI is InChI=1S/C17H18N6O4S3/c1-3-8-18-13(24)9-28-16-21-22-17(30-16)29-10(2)14-19-20-15(27-14)11-4-6-12(7-5-11)23(25)26/h4-7,10H,3,8-9H2,1-2H3,(H,18,24). The highest BCUT2D eigenvalue weighted by atomic mass is 32.2. The van der Waals surface area contributed by atoms with Gasteiger partial charge in [0.05, 0.1) is 15.9 Å². The van der Waals surface area contributed by atoms with E-state index in [4.69, 9.17) is 4.42 Å². The quantitative estimate of drug-likeness (QED) is 0.265. The van der Waals surface area contributed by atoms with Crippen LogP contribution in [-0.2, 0) is 4.79 Å². The first-order valence-corrected chi connectivity index (χ1v) is 11.6. The van der Waals surface area contributed by atoms with Crippen molar-refractivity contribution in [3.63, 3.8) is 0 Å². The minimum Gasteiger partial charge on any atom is -0.419 e. The molecule has 0 radical (unpaired) electrons. The zero-order valence-electron chi connectivity index (χ0n) is 16.1. The van der Waals surface area contributed by atoms with E-state index >= 15 is 0 Å². The number of hydrogen-bond acceptors (Lipinski definition) is 11. The van der Waals surface area contributed by atoms with Crippen LogP contribution in [0.25, 0.3) is 11.5 Å². The van der Waals surface area contributed by atoms with Crippen molar-refractivity contribution in [3.05, 3.63) is 40.3 Å². The fourth-order valence-corrected chi connectivity index (χ4v) is 5.21. The summed E-state index contributed by atoms with van der Waals surface area (Å²) < 4.78 is 7.16. The Labute approximate surface area is 184 Å². The van der Waals surface area contributed by atoms with Gasteiger partial charge in [-0.05, 0) is 25.5 Å². The van der Waals surface area contributed by atoms with Crippen LogP contribution in [-0.4, -0.2) is 43.5 Å². The fraction of sp³-hybridized carbons (Fsp3) is 0.353. The molecule has 1 unspecified atom stereocenters. The van der Waals surface area contributed by atoms with Gasteiger partial charge in [0.1, 0.15) is 0 Å². The number of rotatable bonds is 10. The summed E-state index contributed by atoms with van der Waals surface area (Å²) in [7, 11) is 0. The molecule has 0 bridgehead atoms. The Kier molecular flexibility index (Phi) is 7.76. The third-order valence-corrected chi connectivity index (χ3v) is 6.91. The zero-order valence-corrected chi connectivity index (χ0v) is 18.6. The predicted octanol–water partition coefficient (Wildman–Crippen LogP) is 3.97. The largest absolute Gasteiger partial charge is 0.419 e. The highest BCUT2D eigenvalue weighted by Gasteiger charge is 2.19. The maximum atomic E-state index is 11.7. The van der Waals surface area contributed by atoms with E-state index < -0.39 is 4.92 Å². The Morgan fingerprint density at radius 3 is 2.67 bits per heavy atom. The molecule has 2 aromatic heterocycles. The molecular formula is C17H18N6O4S3. The van der Waals surface area contributed by atoms with E-state index in [1.165, 1.54) is 47.0 Å². The lowest BCUT2D eigenvalue weighted by Crippen LogP contribution is -2.25. The zero-order chi connectivity index (χ0) is 21.5. The van der Waals surface area contributed by atoms with Crippen molar-refractivity contribution in [2.45, 2.75) is 34.2 Å². The van der Waals surface area contributed by atoms with Gasteiger partial charge in [0.2, 0.25) is 17.7 Å². The van der Waals surface area contributed by atoms with Crippen LogP contribution in [0.5, 0.6) is 0 Å². The average molecular weight is 467 g/mol. The number of carbonyl (C=O) groups excluding carboxylic acids is 1. The lowest BCUT2D eigenvalue weighted by Gasteiger charge is -2.02. The minimum absolute atomic E-state index is 0.00444. The Bertz CT molecular complexity index is 1010. The van der Waals surface area contributed by atoms with Gasteiger partial charge in [-0.25, -0.2) is 0 Å². The van der Waals surface area contributed by atoms with Crippen molar-refractivity contribution in [1.29, 1.82) is 0 Å². The molecule has 1 N–H and O–H groups in total. The molecule has 2 heterocycles. The number of amides is 1. The summed E-state index contributed by atoms with van der Waals surface area (Å²) in [6, 6.07) is 5.91. The molecule has 0 saturated carbocycles. The number of benzene rings is 1. The first-order valence-electron chi connectivity index (χ1n) is 8.94. The van der Waals surface area contributed by atoms with Gasteiger partial charge >= 0.3 is 0 Å². The van der Waals surface area contributed by atoms with Gasteiger partial charge in [0, 0.05) is 24.2 Å². The van der Waals surface area contributed by atoms with Crippen molar-refractivity contribution in [2.24, 2.45) is 0 Å². The second-order valence-electron chi connectivity index (χ2n) is 5.98. The van der Waals surface area contributed by atoms with Crippen LogP contribution in [0.2, 0.25) is 0 Å². The van der Waals surface area contributed by atoms with Gasteiger partial charge in [0.25, 0.3) is 5.69 Å². The van der Waals surface area contributed by atoms with Crippen molar-refractivity contribution >= 4 is 46.5 Å². The molecule has 1 amide bonds. The van der Waals surface area contributed by atoms with Crippen LogP contribution in [0.15, 0.2) is 37.4 Å². The van der Waals surface area contributed by atoms with E-state index in [-0.39, 0.29) is 16.8 Å². The number of nitrogens with zero attached hydrogens (tertiary/aromatic N) is 5. The van der Waals surface area contributed by atoms with E-state index in [2.05, 4.69) is 25.7 Å². The van der Waals surface area contributed by atoms with Gasteiger partial charge in [0.15, 0.2) is 8.68 Å². The molecular weight excluding hydrogens is 448 g/mol. The number of hydrogen-bond donors (Lipinski definition) is 1. The summed E-state index contributed by atoms with van der Waals surface area (Å²) in [4.78, 5) is 22.0. The van der Waals surface area contributed by atoms with E-state index in [9.17, 15) is 14.9 Å². The molecule has 158 valence electrons. The molecule has 1 aromatic carbocycles. The van der Waals surface area contributed by atoms with Crippen molar-refractivity contribution in [3.8, 4) is 11.5 Å². The van der Waals surface area contributed by atoms with Crippen molar-refractivity contribution in [2.75, 3.05) is 12.3 Å². The first kappa shape index (κ1) is 22.2. The van der Waals surface area contributed by atoms with E-state index in [0.29, 0.717) is 34.0 Å². The summed E-state index contributed by atoms with van der Waals surface area (Å²) in [5.41, 5.74) is 0.600. The summed E-state index contributed by atoms with van der Waals surface area (Å²) in [6.45, 7) is 4.57. The maximum absolute atomic E-state index is 11.7. The Hall–Kier alpha value is -2.51. The lowest BCUT2D eigenvalue weighted by atomic mass is 10.2. The Balaban J connectivity index is 1.56. The number of nitro groups is 1. The normalized spacial score (nSPS) is 11.9. The number of thioether (sulfide) groups is 2. The second-order valence-corrected chi connectivity index (χ2v) is 9.77. The summed E-state index contributed by atoms with van der Waals surface area (Å²) >= 11 is 4.17. The highest BCUT2D eigenvalue weighted by molar-refractivity contribution is 8.03. The molecule has 0 aliphatic carbocycles. The predicted molar refractivity (Wildman–Crippen MR) is 115 cm³/mol. The monoisotopic (exact) mass is 466 g/mol. The van der Waals surface area contributed by atoms with E-state index in [1.807, 2.05) is 13.8 Å². The molecule has 0 aliphatic rings. The van der Waals surface area contributed by atoms with Crippen molar-refractivity contribution < 1.29 is 14.1 Å². The number of aromatic nitrogens is 4. The minimum atomic E-state index is -0.464.